The molecule has 3 rings (SSSR count). The zero-order valence-electron chi connectivity index (χ0n) is 35.2. The van der Waals surface area contributed by atoms with Crippen molar-refractivity contribution in [3.63, 3.8) is 0 Å². The maximum absolute atomic E-state index is 14.3. The Kier molecular flexibility index (Phi) is 16.1. The first kappa shape index (κ1) is 46.6. The van der Waals surface area contributed by atoms with E-state index in [-0.39, 0.29) is 31.1 Å². The van der Waals surface area contributed by atoms with Crippen molar-refractivity contribution in [1.29, 1.82) is 0 Å². The van der Waals surface area contributed by atoms with Crippen LogP contribution in [0.4, 0.5) is 0 Å². The van der Waals surface area contributed by atoms with Gasteiger partial charge in [-0.3, -0.25) is 14.4 Å². The Morgan fingerprint density at radius 1 is 0.907 bits per heavy atom. The second kappa shape index (κ2) is 18.7. The number of likely N-dealkylation sites (N-methyl/N-ethyl adjacent to an activating group) is 1. The summed E-state index contributed by atoms with van der Waals surface area (Å²) < 4.78 is 43.9. The van der Waals surface area contributed by atoms with E-state index in [1.54, 1.807) is 34.8 Å². The van der Waals surface area contributed by atoms with E-state index in [0.29, 0.717) is 25.7 Å². The number of Topliss-reactive ketones (excluding diaryl/α,β-unsaturated/α-hetero) is 1. The van der Waals surface area contributed by atoms with Gasteiger partial charge in [-0.05, 0) is 74.9 Å². The standard InChI is InChI=1S/C40H71NO13/c1-15-16-29-40(11,47)34(44)24(5)31(43)21(2)18-39(10,46)35(54-37-33(51-27(8)42)28(41(12)13)17-22(3)50-37)25(6)32(26(7)36(45)52-29)53-30-20-38(9,48-14)19-23(4)49-30/h21-26,28-30,32-35,37,44,46-47H,15-20H2,1-14H3/t21-,22?,23?,24+,25+,26-,28?,29-,30?,32+,33?,34-,35-,37?,38?,39-,40-/m1/s1. The highest BCUT2D eigenvalue weighted by molar-refractivity contribution is 5.83. The van der Waals surface area contributed by atoms with Crippen molar-refractivity contribution in [2.75, 3.05) is 21.2 Å². The molecule has 314 valence electrons. The number of nitrogens with zero attached hydrogens (tertiary/aromatic N) is 1. The molecule has 3 aliphatic heterocycles. The van der Waals surface area contributed by atoms with Crippen LogP contribution in [0, 0.1) is 23.7 Å². The van der Waals surface area contributed by atoms with E-state index in [1.165, 1.54) is 20.8 Å². The lowest BCUT2D eigenvalue weighted by Crippen LogP contribution is -2.61. The summed E-state index contributed by atoms with van der Waals surface area (Å²) in [5.74, 6) is -5.37. The third-order valence-electron chi connectivity index (χ3n) is 12.0. The highest BCUT2D eigenvalue weighted by Crippen LogP contribution is 2.41. The van der Waals surface area contributed by atoms with Gasteiger partial charge in [-0.15, -0.1) is 0 Å². The predicted molar refractivity (Wildman–Crippen MR) is 199 cm³/mol. The fraction of sp³-hybridized carbons (Fsp3) is 0.925. The largest absolute Gasteiger partial charge is 0.459 e. The third-order valence-corrected chi connectivity index (χ3v) is 12.0. The summed E-state index contributed by atoms with van der Waals surface area (Å²) in [7, 11) is 5.38. The molecule has 3 fully saturated rings. The minimum atomic E-state index is -1.98. The van der Waals surface area contributed by atoms with Crippen molar-refractivity contribution < 1.29 is 62.9 Å². The van der Waals surface area contributed by atoms with Crippen LogP contribution in [0.15, 0.2) is 0 Å². The van der Waals surface area contributed by atoms with Crippen LogP contribution >= 0.6 is 0 Å². The molecule has 0 radical (unpaired) electrons. The van der Waals surface area contributed by atoms with Gasteiger partial charge < -0.3 is 53.4 Å². The molecule has 0 aromatic carbocycles. The van der Waals surface area contributed by atoms with Gasteiger partial charge in [0.1, 0.15) is 17.5 Å². The Morgan fingerprint density at radius 3 is 2.09 bits per heavy atom. The van der Waals surface area contributed by atoms with Gasteiger partial charge in [-0.2, -0.15) is 0 Å². The molecule has 17 atom stereocenters. The van der Waals surface area contributed by atoms with Gasteiger partial charge in [0.2, 0.25) is 0 Å². The van der Waals surface area contributed by atoms with E-state index in [9.17, 15) is 29.7 Å². The van der Waals surface area contributed by atoms with Crippen molar-refractivity contribution in [3.05, 3.63) is 0 Å². The number of aliphatic hydroxyl groups is 3. The molecule has 0 saturated carbocycles. The van der Waals surface area contributed by atoms with E-state index in [4.69, 9.17) is 33.2 Å². The van der Waals surface area contributed by atoms with Crippen LogP contribution in [0.2, 0.25) is 0 Å². The van der Waals surface area contributed by atoms with Crippen molar-refractivity contribution in [2.24, 2.45) is 23.7 Å². The summed E-state index contributed by atoms with van der Waals surface area (Å²) in [5, 5.41) is 35.8. The van der Waals surface area contributed by atoms with E-state index < -0.39 is 101 Å². The van der Waals surface area contributed by atoms with Crippen molar-refractivity contribution in [1.82, 2.24) is 4.90 Å². The number of ether oxygens (including phenoxy) is 7. The number of ketones is 1. The van der Waals surface area contributed by atoms with Crippen LogP contribution in [0.3, 0.4) is 0 Å². The zero-order chi connectivity index (χ0) is 41.1. The van der Waals surface area contributed by atoms with Gasteiger partial charge >= 0.3 is 11.9 Å². The van der Waals surface area contributed by atoms with Crippen LogP contribution in [0.5, 0.6) is 0 Å². The number of carbonyl (C=O) groups excluding carboxylic acids is 3. The van der Waals surface area contributed by atoms with Crippen LogP contribution in [-0.2, 0) is 47.5 Å². The second-order valence-electron chi connectivity index (χ2n) is 17.4. The number of cyclic esters (lactones) is 1. The Labute approximate surface area is 322 Å². The molecule has 0 aromatic heterocycles. The van der Waals surface area contributed by atoms with Crippen molar-refractivity contribution in [2.45, 2.75) is 193 Å². The highest BCUT2D eigenvalue weighted by atomic mass is 16.7. The maximum atomic E-state index is 14.3. The smallest absolute Gasteiger partial charge is 0.311 e. The molecule has 54 heavy (non-hydrogen) atoms. The van der Waals surface area contributed by atoms with E-state index in [2.05, 4.69) is 0 Å². The fourth-order valence-electron chi connectivity index (χ4n) is 8.88. The molecule has 14 nitrogen and oxygen atoms in total. The van der Waals surface area contributed by atoms with Gasteiger partial charge in [0.25, 0.3) is 0 Å². The molecule has 14 heteroatoms. The minimum absolute atomic E-state index is 0.125. The average molecular weight is 774 g/mol. The van der Waals surface area contributed by atoms with Crippen molar-refractivity contribution in [3.8, 4) is 0 Å². The SMILES string of the molecule is CCC[C@H]1OC(=O)[C@H](C)[C@@H](OC2CC(C)(OC)CC(C)O2)[C@H](C)[C@@H](OC2OC(C)CC(N(C)C)C2OC(C)=O)[C@](C)(O)C[C@@H](C)C(=O)[C@H](C)[C@@H](O)[C@]1(C)O. The molecule has 3 aliphatic rings. The molecule has 3 heterocycles. The first-order valence-corrected chi connectivity index (χ1v) is 19.8. The normalized spacial score (nSPS) is 46.1. The van der Waals surface area contributed by atoms with Gasteiger partial charge in [-0.25, -0.2) is 0 Å². The first-order chi connectivity index (χ1) is 24.9. The number of esters is 2. The molecular formula is C40H71NO13. The summed E-state index contributed by atoms with van der Waals surface area (Å²) in [4.78, 5) is 42.6. The predicted octanol–water partition coefficient (Wildman–Crippen LogP) is 3.78. The Bertz CT molecular complexity index is 1260. The number of rotatable bonds is 9. The van der Waals surface area contributed by atoms with Gasteiger partial charge in [0.05, 0.1) is 53.7 Å². The number of hydrogen-bond acceptors (Lipinski definition) is 14. The minimum Gasteiger partial charge on any atom is -0.459 e. The molecule has 0 amide bonds. The van der Waals surface area contributed by atoms with Crippen LogP contribution < -0.4 is 0 Å². The van der Waals surface area contributed by atoms with E-state index in [1.807, 2.05) is 46.7 Å². The van der Waals surface area contributed by atoms with Gasteiger partial charge in [0, 0.05) is 44.6 Å². The third kappa shape index (κ3) is 11.0. The summed E-state index contributed by atoms with van der Waals surface area (Å²) >= 11 is 0. The van der Waals surface area contributed by atoms with E-state index >= 15 is 0 Å². The van der Waals surface area contributed by atoms with E-state index in [0.717, 1.165) is 0 Å². The monoisotopic (exact) mass is 773 g/mol. The molecule has 0 aromatic rings. The average Bonchev–Trinajstić information content (AvgIpc) is 3.07. The zero-order valence-corrected chi connectivity index (χ0v) is 35.2. The number of hydrogen-bond donors (Lipinski definition) is 3. The lowest BCUT2D eigenvalue weighted by atomic mass is 9.74. The Morgan fingerprint density at radius 2 is 1.54 bits per heavy atom. The topological polar surface area (TPSA) is 180 Å². The highest BCUT2D eigenvalue weighted by Gasteiger charge is 2.53. The molecule has 0 spiro atoms. The summed E-state index contributed by atoms with van der Waals surface area (Å²) in [6.07, 6.45) is -6.28. The summed E-state index contributed by atoms with van der Waals surface area (Å²) in [6, 6.07) is -0.294. The van der Waals surface area contributed by atoms with Crippen LogP contribution in [0.25, 0.3) is 0 Å². The van der Waals surface area contributed by atoms with Gasteiger partial charge in [-0.1, -0.05) is 34.1 Å². The molecule has 3 N–H and O–H groups in total. The fourth-order valence-corrected chi connectivity index (χ4v) is 8.88. The Balaban J connectivity index is 2.23. The number of carbonyl (C=O) groups is 3. The molecular weight excluding hydrogens is 702 g/mol. The lowest BCUT2D eigenvalue weighted by molar-refractivity contribution is -0.311. The van der Waals surface area contributed by atoms with Crippen molar-refractivity contribution >= 4 is 17.7 Å². The van der Waals surface area contributed by atoms with Crippen LogP contribution in [0.1, 0.15) is 115 Å². The first-order valence-electron chi connectivity index (χ1n) is 19.8. The van der Waals surface area contributed by atoms with Gasteiger partial charge in [0.15, 0.2) is 18.7 Å². The molecule has 7 unspecified atom stereocenters. The van der Waals surface area contributed by atoms with Crippen LogP contribution in [-0.4, -0.2) is 137 Å². The molecule has 0 aliphatic carbocycles. The molecule has 0 bridgehead atoms. The number of methoxy groups -OCH3 is 1. The quantitative estimate of drug-likeness (QED) is 0.288. The second-order valence-corrected chi connectivity index (χ2v) is 17.4. The Hall–Kier alpha value is -1.75. The molecule has 3 saturated heterocycles. The number of aliphatic hydroxyl groups excluding tert-OH is 1. The summed E-state index contributed by atoms with van der Waals surface area (Å²) in [6.45, 7) is 18.5. The maximum Gasteiger partial charge on any atom is 0.311 e. The lowest BCUT2D eigenvalue weighted by Gasteiger charge is -2.49. The summed E-state index contributed by atoms with van der Waals surface area (Å²) in [5.41, 5.74) is -4.36.